The number of amides is 1. The first-order chi connectivity index (χ1) is 11.0. The molecular formula is C15H20N6OS. The van der Waals surface area contributed by atoms with Gasteiger partial charge in [0.2, 0.25) is 11.1 Å². The Balaban J connectivity index is 1.59. The lowest BCUT2D eigenvalue weighted by Crippen LogP contribution is -2.23. The van der Waals surface area contributed by atoms with E-state index in [0.717, 1.165) is 24.2 Å². The Bertz CT molecular complexity index is 680. The molecule has 1 heterocycles. The predicted molar refractivity (Wildman–Crippen MR) is 90.8 cm³/mol. The topological polar surface area (TPSA) is 75.9 Å². The molecule has 1 saturated carbocycles. The molecule has 1 aliphatic rings. The minimum Gasteiger partial charge on any atom is -0.378 e. The molecule has 0 bridgehead atoms. The number of hydrogen-bond donors (Lipinski definition) is 1. The van der Waals surface area contributed by atoms with E-state index in [9.17, 15) is 4.79 Å². The van der Waals surface area contributed by atoms with Gasteiger partial charge in [0, 0.05) is 25.5 Å². The molecule has 1 fully saturated rings. The lowest BCUT2D eigenvalue weighted by molar-refractivity contribution is -0.115. The molecule has 8 heteroatoms. The molecule has 1 aromatic carbocycles. The molecule has 1 aromatic heterocycles. The normalized spacial score (nSPS) is 15.3. The zero-order valence-corrected chi connectivity index (χ0v) is 14.2. The first-order valence-electron chi connectivity index (χ1n) is 7.57. The van der Waals surface area contributed by atoms with Crippen molar-refractivity contribution in [1.29, 1.82) is 0 Å². The fraction of sp³-hybridized carbons (Fsp3) is 0.467. The fourth-order valence-corrected chi connectivity index (χ4v) is 2.97. The van der Waals surface area contributed by atoms with Gasteiger partial charge in [-0.05, 0) is 54.5 Å². The van der Waals surface area contributed by atoms with Crippen molar-refractivity contribution in [2.24, 2.45) is 0 Å². The van der Waals surface area contributed by atoms with Gasteiger partial charge in [0.1, 0.15) is 0 Å². The molecule has 122 valence electrons. The fourth-order valence-electron chi connectivity index (χ4n) is 2.11. The smallest absolute Gasteiger partial charge is 0.237 e. The van der Waals surface area contributed by atoms with E-state index in [2.05, 4.69) is 20.8 Å². The number of aromatic nitrogens is 4. The zero-order valence-electron chi connectivity index (χ0n) is 13.4. The van der Waals surface area contributed by atoms with Gasteiger partial charge in [0.25, 0.3) is 0 Å². The third-order valence-electron chi connectivity index (χ3n) is 3.66. The van der Waals surface area contributed by atoms with Gasteiger partial charge in [-0.1, -0.05) is 11.8 Å². The molecule has 7 nitrogen and oxygen atoms in total. The van der Waals surface area contributed by atoms with Gasteiger partial charge in [0.05, 0.1) is 11.3 Å². The van der Waals surface area contributed by atoms with E-state index in [-0.39, 0.29) is 11.2 Å². The van der Waals surface area contributed by atoms with E-state index in [0.29, 0.717) is 11.2 Å². The molecule has 1 unspecified atom stereocenters. The predicted octanol–water partition coefficient (Wildman–Crippen LogP) is 2.19. The van der Waals surface area contributed by atoms with Crippen LogP contribution in [-0.4, -0.2) is 45.5 Å². The van der Waals surface area contributed by atoms with E-state index in [1.54, 1.807) is 0 Å². The molecule has 0 saturated heterocycles. The standard InChI is InChI=1S/C15H20N6OS/c1-10(23-15-17-18-19-21(15)13-8-9-13)14(22)16-11-4-6-12(7-5-11)20(2)3/h4-7,10,13H,8-9H2,1-3H3,(H,16,22). The number of benzene rings is 1. The van der Waals surface area contributed by atoms with Crippen LogP contribution in [-0.2, 0) is 4.79 Å². The number of tetrazole rings is 1. The molecule has 1 amide bonds. The number of anilines is 2. The third-order valence-corrected chi connectivity index (χ3v) is 4.71. The molecule has 1 atom stereocenters. The van der Waals surface area contributed by atoms with E-state index in [1.165, 1.54) is 11.8 Å². The average molecular weight is 332 g/mol. The Kier molecular flexibility index (Phi) is 4.51. The maximum atomic E-state index is 12.3. The summed E-state index contributed by atoms with van der Waals surface area (Å²) in [7, 11) is 3.96. The van der Waals surface area contributed by atoms with E-state index in [4.69, 9.17) is 0 Å². The molecule has 3 rings (SSSR count). The van der Waals surface area contributed by atoms with Gasteiger partial charge in [-0.15, -0.1) is 5.10 Å². The van der Waals surface area contributed by atoms with E-state index in [1.807, 2.05) is 54.9 Å². The Hall–Kier alpha value is -2.09. The third kappa shape index (κ3) is 3.82. The summed E-state index contributed by atoms with van der Waals surface area (Å²) in [5.41, 5.74) is 1.88. The monoisotopic (exact) mass is 332 g/mol. The Morgan fingerprint density at radius 2 is 2.04 bits per heavy atom. The van der Waals surface area contributed by atoms with Crippen molar-refractivity contribution in [3.05, 3.63) is 24.3 Å². The van der Waals surface area contributed by atoms with Crippen molar-refractivity contribution in [1.82, 2.24) is 20.2 Å². The van der Waals surface area contributed by atoms with Crippen LogP contribution < -0.4 is 10.2 Å². The maximum absolute atomic E-state index is 12.3. The summed E-state index contributed by atoms with van der Waals surface area (Å²) >= 11 is 1.39. The Labute approximate surface area is 139 Å². The summed E-state index contributed by atoms with van der Waals surface area (Å²) in [6.07, 6.45) is 2.22. The van der Waals surface area contributed by atoms with Gasteiger partial charge in [0.15, 0.2) is 0 Å². The number of thioether (sulfide) groups is 1. The van der Waals surface area contributed by atoms with Gasteiger partial charge < -0.3 is 10.2 Å². The van der Waals surface area contributed by atoms with Crippen LogP contribution in [0.15, 0.2) is 29.4 Å². The summed E-state index contributed by atoms with van der Waals surface area (Å²) in [6, 6.07) is 8.15. The van der Waals surface area contributed by atoms with Gasteiger partial charge in [-0.25, -0.2) is 4.68 Å². The quantitative estimate of drug-likeness (QED) is 0.817. The molecule has 1 aliphatic carbocycles. The number of rotatable bonds is 6. The summed E-state index contributed by atoms with van der Waals surface area (Å²) in [4.78, 5) is 14.3. The molecular weight excluding hydrogens is 312 g/mol. The van der Waals surface area contributed by atoms with Crippen LogP contribution >= 0.6 is 11.8 Å². The van der Waals surface area contributed by atoms with Crippen molar-refractivity contribution in [2.45, 2.75) is 36.2 Å². The molecule has 0 radical (unpaired) electrons. The zero-order chi connectivity index (χ0) is 16.4. The highest BCUT2D eigenvalue weighted by Crippen LogP contribution is 2.37. The van der Waals surface area contributed by atoms with Crippen LogP contribution in [0.5, 0.6) is 0 Å². The van der Waals surface area contributed by atoms with Crippen LogP contribution in [0.1, 0.15) is 25.8 Å². The van der Waals surface area contributed by atoms with E-state index < -0.39 is 0 Å². The lowest BCUT2D eigenvalue weighted by Gasteiger charge is -2.14. The molecule has 0 aliphatic heterocycles. The highest BCUT2D eigenvalue weighted by molar-refractivity contribution is 8.00. The largest absolute Gasteiger partial charge is 0.378 e. The van der Waals surface area contributed by atoms with Crippen LogP contribution in [0.2, 0.25) is 0 Å². The van der Waals surface area contributed by atoms with Gasteiger partial charge in [-0.3, -0.25) is 4.79 Å². The Morgan fingerprint density at radius 3 is 2.65 bits per heavy atom. The number of nitrogens with one attached hydrogen (secondary N) is 1. The first-order valence-corrected chi connectivity index (χ1v) is 8.45. The summed E-state index contributed by atoms with van der Waals surface area (Å²) in [5, 5.41) is 15.1. The molecule has 1 N–H and O–H groups in total. The van der Waals surface area contributed by atoms with Gasteiger partial charge in [-0.2, -0.15) is 0 Å². The van der Waals surface area contributed by atoms with Crippen LogP contribution in [0.25, 0.3) is 0 Å². The van der Waals surface area contributed by atoms with Crippen molar-refractivity contribution >= 4 is 29.0 Å². The van der Waals surface area contributed by atoms with Crippen LogP contribution in [0.4, 0.5) is 11.4 Å². The molecule has 2 aromatic rings. The van der Waals surface area contributed by atoms with Crippen molar-refractivity contribution in [2.75, 3.05) is 24.3 Å². The summed E-state index contributed by atoms with van der Waals surface area (Å²) < 4.78 is 1.82. The second kappa shape index (κ2) is 6.57. The first kappa shape index (κ1) is 15.8. The second-order valence-electron chi connectivity index (χ2n) is 5.83. The highest BCUT2D eigenvalue weighted by atomic mass is 32.2. The van der Waals surface area contributed by atoms with Gasteiger partial charge >= 0.3 is 0 Å². The minimum absolute atomic E-state index is 0.0575. The number of nitrogens with zero attached hydrogens (tertiary/aromatic N) is 5. The average Bonchev–Trinajstić information content (AvgIpc) is 3.27. The summed E-state index contributed by atoms with van der Waals surface area (Å²) in [5.74, 6) is -0.0575. The van der Waals surface area contributed by atoms with Crippen LogP contribution in [0.3, 0.4) is 0 Å². The second-order valence-corrected chi connectivity index (χ2v) is 7.14. The van der Waals surface area contributed by atoms with Crippen molar-refractivity contribution < 1.29 is 4.79 Å². The Morgan fingerprint density at radius 1 is 1.35 bits per heavy atom. The molecule has 23 heavy (non-hydrogen) atoms. The SMILES string of the molecule is CC(Sc1nnnn1C1CC1)C(=O)Nc1ccc(N(C)C)cc1. The molecule has 0 spiro atoms. The van der Waals surface area contributed by atoms with Crippen molar-refractivity contribution in [3.8, 4) is 0 Å². The van der Waals surface area contributed by atoms with Crippen LogP contribution in [0, 0.1) is 0 Å². The number of carbonyl (C=O) groups excluding carboxylic acids is 1. The van der Waals surface area contributed by atoms with E-state index >= 15 is 0 Å². The highest BCUT2D eigenvalue weighted by Gasteiger charge is 2.29. The minimum atomic E-state index is -0.271. The van der Waals surface area contributed by atoms with Crippen molar-refractivity contribution in [3.63, 3.8) is 0 Å². The summed E-state index contributed by atoms with van der Waals surface area (Å²) in [6.45, 7) is 1.86. The lowest BCUT2D eigenvalue weighted by atomic mass is 10.2. The maximum Gasteiger partial charge on any atom is 0.237 e. The number of hydrogen-bond acceptors (Lipinski definition) is 6. The number of carbonyl (C=O) groups is 1.